The minimum Gasteiger partial charge on any atom is -0.497 e. The quantitative estimate of drug-likeness (QED) is 0.765. The molecule has 1 fully saturated rings. The topological polar surface area (TPSA) is 88.2 Å². The molecule has 0 aliphatic carbocycles. The van der Waals surface area contributed by atoms with Crippen molar-refractivity contribution in [2.75, 3.05) is 38.6 Å². The number of carbonyl (C=O) groups is 3. The SMILES string of the molecule is CCN(CC(=O)Nc1ccc(OC)cc1)C(=O)C1CCN(C(=O)OC(C)(C)C)CC1. The molecule has 0 unspecified atom stereocenters. The Labute approximate surface area is 178 Å². The number of anilines is 1. The van der Waals surface area contributed by atoms with E-state index in [0.29, 0.717) is 43.9 Å². The first-order valence-corrected chi connectivity index (χ1v) is 10.3. The predicted molar refractivity (Wildman–Crippen MR) is 114 cm³/mol. The molecule has 0 spiro atoms. The monoisotopic (exact) mass is 419 g/mol. The average molecular weight is 420 g/mol. The maximum Gasteiger partial charge on any atom is 0.410 e. The lowest BCUT2D eigenvalue weighted by Crippen LogP contribution is -2.47. The molecule has 1 heterocycles. The number of amides is 3. The number of likely N-dealkylation sites (tertiary alicyclic amines) is 1. The third-order valence-corrected chi connectivity index (χ3v) is 4.90. The van der Waals surface area contributed by atoms with Crippen LogP contribution in [0, 0.1) is 5.92 Å². The summed E-state index contributed by atoms with van der Waals surface area (Å²) in [5.74, 6) is 0.210. The van der Waals surface area contributed by atoms with Crippen LogP contribution in [0.2, 0.25) is 0 Å². The summed E-state index contributed by atoms with van der Waals surface area (Å²) in [5, 5.41) is 2.80. The van der Waals surface area contributed by atoms with Gasteiger partial charge in [0.15, 0.2) is 0 Å². The van der Waals surface area contributed by atoms with Gasteiger partial charge >= 0.3 is 6.09 Å². The van der Waals surface area contributed by atoms with E-state index in [1.165, 1.54) is 0 Å². The summed E-state index contributed by atoms with van der Waals surface area (Å²) in [7, 11) is 1.58. The second-order valence-electron chi connectivity index (χ2n) is 8.37. The van der Waals surface area contributed by atoms with Gasteiger partial charge in [-0.25, -0.2) is 4.79 Å². The van der Waals surface area contributed by atoms with Gasteiger partial charge in [-0.1, -0.05) is 0 Å². The molecular weight excluding hydrogens is 386 g/mol. The second-order valence-corrected chi connectivity index (χ2v) is 8.37. The fraction of sp³-hybridized carbons (Fsp3) is 0.591. The van der Waals surface area contributed by atoms with E-state index in [-0.39, 0.29) is 30.4 Å². The molecule has 1 N–H and O–H groups in total. The first kappa shape index (κ1) is 23.5. The van der Waals surface area contributed by atoms with E-state index in [2.05, 4.69) is 5.32 Å². The van der Waals surface area contributed by atoms with Gasteiger partial charge in [0.1, 0.15) is 11.4 Å². The number of nitrogens with zero attached hydrogens (tertiary/aromatic N) is 2. The summed E-state index contributed by atoms with van der Waals surface area (Å²) >= 11 is 0. The zero-order chi connectivity index (χ0) is 22.3. The van der Waals surface area contributed by atoms with Gasteiger partial charge in [-0.05, 0) is 64.8 Å². The van der Waals surface area contributed by atoms with Crippen LogP contribution in [0.4, 0.5) is 10.5 Å². The van der Waals surface area contributed by atoms with Crippen LogP contribution < -0.4 is 10.1 Å². The maximum absolute atomic E-state index is 12.9. The third-order valence-electron chi connectivity index (χ3n) is 4.90. The van der Waals surface area contributed by atoms with E-state index >= 15 is 0 Å². The van der Waals surface area contributed by atoms with Crippen molar-refractivity contribution in [2.24, 2.45) is 5.92 Å². The van der Waals surface area contributed by atoms with Crippen molar-refractivity contribution in [3.63, 3.8) is 0 Å². The number of benzene rings is 1. The van der Waals surface area contributed by atoms with E-state index in [0.717, 1.165) is 0 Å². The van der Waals surface area contributed by atoms with Crippen LogP contribution in [0.15, 0.2) is 24.3 Å². The summed E-state index contributed by atoms with van der Waals surface area (Å²) in [5.41, 5.74) is 0.106. The second kappa shape index (κ2) is 10.3. The normalized spacial score (nSPS) is 14.8. The van der Waals surface area contributed by atoms with Crippen LogP contribution in [-0.4, -0.2) is 66.6 Å². The summed E-state index contributed by atoms with van der Waals surface area (Å²) in [6.45, 7) is 8.73. The lowest BCUT2D eigenvalue weighted by Gasteiger charge is -2.34. The molecule has 1 aliphatic heterocycles. The number of nitrogens with one attached hydrogen (secondary N) is 1. The van der Waals surface area contributed by atoms with E-state index < -0.39 is 5.60 Å². The van der Waals surface area contributed by atoms with Gasteiger partial charge in [0, 0.05) is 31.2 Å². The Bertz CT molecular complexity index is 734. The number of hydrogen-bond acceptors (Lipinski definition) is 5. The van der Waals surface area contributed by atoms with Gasteiger partial charge in [0.25, 0.3) is 0 Å². The number of carbonyl (C=O) groups excluding carboxylic acids is 3. The van der Waals surface area contributed by atoms with Crippen LogP contribution in [-0.2, 0) is 14.3 Å². The van der Waals surface area contributed by atoms with Crippen molar-refractivity contribution in [3.05, 3.63) is 24.3 Å². The summed E-state index contributed by atoms with van der Waals surface area (Å²) in [4.78, 5) is 40.7. The number of ether oxygens (including phenoxy) is 2. The summed E-state index contributed by atoms with van der Waals surface area (Å²) < 4.78 is 10.5. The van der Waals surface area contributed by atoms with Crippen molar-refractivity contribution in [1.29, 1.82) is 0 Å². The summed E-state index contributed by atoms with van der Waals surface area (Å²) in [6, 6.07) is 7.02. The molecule has 1 aliphatic rings. The van der Waals surface area contributed by atoms with Crippen LogP contribution in [0.1, 0.15) is 40.5 Å². The first-order valence-electron chi connectivity index (χ1n) is 10.3. The molecule has 0 saturated carbocycles. The van der Waals surface area contributed by atoms with Crippen molar-refractivity contribution < 1.29 is 23.9 Å². The molecule has 0 radical (unpaired) electrons. The van der Waals surface area contributed by atoms with Gasteiger partial charge in [-0.15, -0.1) is 0 Å². The molecule has 1 aromatic carbocycles. The molecule has 8 nitrogen and oxygen atoms in total. The maximum atomic E-state index is 12.9. The number of hydrogen-bond donors (Lipinski definition) is 1. The Morgan fingerprint density at radius 3 is 2.23 bits per heavy atom. The first-order chi connectivity index (χ1) is 14.1. The highest BCUT2D eigenvalue weighted by Crippen LogP contribution is 2.22. The van der Waals surface area contributed by atoms with Crippen LogP contribution >= 0.6 is 0 Å². The molecule has 0 aromatic heterocycles. The highest BCUT2D eigenvalue weighted by molar-refractivity contribution is 5.94. The Hall–Kier alpha value is -2.77. The third kappa shape index (κ3) is 6.93. The molecule has 8 heteroatoms. The lowest BCUT2D eigenvalue weighted by atomic mass is 9.95. The highest BCUT2D eigenvalue weighted by Gasteiger charge is 2.32. The molecule has 166 valence electrons. The largest absolute Gasteiger partial charge is 0.497 e. The van der Waals surface area contributed by atoms with Gasteiger partial charge in [0.2, 0.25) is 11.8 Å². The van der Waals surface area contributed by atoms with Crippen LogP contribution in [0.3, 0.4) is 0 Å². The van der Waals surface area contributed by atoms with E-state index in [4.69, 9.17) is 9.47 Å². The molecule has 1 saturated heterocycles. The van der Waals surface area contributed by atoms with E-state index in [9.17, 15) is 14.4 Å². The smallest absolute Gasteiger partial charge is 0.410 e. The summed E-state index contributed by atoms with van der Waals surface area (Å²) in [6.07, 6.45) is 0.781. The Balaban J connectivity index is 1.85. The zero-order valence-electron chi connectivity index (χ0n) is 18.6. The average Bonchev–Trinajstić information content (AvgIpc) is 2.71. The van der Waals surface area contributed by atoms with Gasteiger partial charge < -0.3 is 24.6 Å². The number of piperidine rings is 1. The number of methoxy groups -OCH3 is 1. The molecule has 30 heavy (non-hydrogen) atoms. The Kier molecular flexibility index (Phi) is 8.08. The van der Waals surface area contributed by atoms with E-state index in [1.807, 2.05) is 27.7 Å². The molecule has 0 bridgehead atoms. The Morgan fingerprint density at radius 2 is 1.73 bits per heavy atom. The minimum atomic E-state index is -0.542. The van der Waals surface area contributed by atoms with Gasteiger partial charge in [0.05, 0.1) is 13.7 Å². The highest BCUT2D eigenvalue weighted by atomic mass is 16.6. The molecule has 1 aromatic rings. The minimum absolute atomic E-state index is 0.00631. The number of likely N-dealkylation sites (N-methyl/N-ethyl adjacent to an activating group) is 1. The van der Waals surface area contributed by atoms with Crippen molar-refractivity contribution in [1.82, 2.24) is 9.80 Å². The van der Waals surface area contributed by atoms with Crippen LogP contribution in [0.5, 0.6) is 5.75 Å². The van der Waals surface area contributed by atoms with E-state index in [1.54, 1.807) is 41.2 Å². The predicted octanol–water partition coefficient (Wildman–Crippen LogP) is 3.13. The Morgan fingerprint density at radius 1 is 1.13 bits per heavy atom. The standard InChI is InChI=1S/C22H33N3O5/c1-6-24(15-19(26)23-17-7-9-18(29-5)10-8-17)20(27)16-11-13-25(14-12-16)21(28)30-22(2,3)4/h7-10,16H,6,11-15H2,1-5H3,(H,23,26). The molecular formula is C22H33N3O5. The number of rotatable bonds is 6. The zero-order valence-corrected chi connectivity index (χ0v) is 18.6. The van der Waals surface area contributed by atoms with Crippen molar-refractivity contribution >= 4 is 23.6 Å². The van der Waals surface area contributed by atoms with Crippen molar-refractivity contribution in [2.45, 2.75) is 46.1 Å². The van der Waals surface area contributed by atoms with Crippen LogP contribution in [0.25, 0.3) is 0 Å². The molecule has 3 amide bonds. The van der Waals surface area contributed by atoms with Gasteiger partial charge in [-0.3, -0.25) is 9.59 Å². The fourth-order valence-electron chi connectivity index (χ4n) is 3.29. The fourth-order valence-corrected chi connectivity index (χ4v) is 3.29. The van der Waals surface area contributed by atoms with Crippen molar-refractivity contribution in [3.8, 4) is 5.75 Å². The molecule has 2 rings (SSSR count). The molecule has 0 atom stereocenters. The lowest BCUT2D eigenvalue weighted by molar-refractivity contribution is -0.139. The van der Waals surface area contributed by atoms with Gasteiger partial charge in [-0.2, -0.15) is 0 Å².